The lowest BCUT2D eigenvalue weighted by molar-refractivity contribution is -0.149. The fourth-order valence-corrected chi connectivity index (χ4v) is 3.86. The van der Waals surface area contributed by atoms with Gasteiger partial charge in [0.2, 0.25) is 5.78 Å². The average Bonchev–Trinajstić information content (AvgIpc) is 3.04. The van der Waals surface area contributed by atoms with Crippen LogP contribution in [0.5, 0.6) is 0 Å². The van der Waals surface area contributed by atoms with Crippen molar-refractivity contribution in [1.29, 1.82) is 0 Å². The van der Waals surface area contributed by atoms with Crippen LogP contribution < -0.4 is 0 Å². The molecule has 1 aliphatic rings. The predicted octanol–water partition coefficient (Wildman–Crippen LogP) is 3.29. The van der Waals surface area contributed by atoms with Crippen LogP contribution in [0.1, 0.15) is 54.4 Å². The van der Waals surface area contributed by atoms with E-state index < -0.39 is 11.2 Å². The SMILES string of the molecule is CC(C)OC(=O)C1CCCn2c(C(=O)c3ccc([S+](C)[O-])cc3)ccc21. The summed E-state index contributed by atoms with van der Waals surface area (Å²) in [6, 6.07) is 10.5. The molecular formula is C20H23NO4S. The van der Waals surface area contributed by atoms with Gasteiger partial charge in [-0.2, -0.15) is 0 Å². The summed E-state index contributed by atoms with van der Waals surface area (Å²) in [4.78, 5) is 26.0. The molecule has 2 unspecified atom stereocenters. The molecule has 138 valence electrons. The molecular weight excluding hydrogens is 350 g/mol. The van der Waals surface area contributed by atoms with Gasteiger partial charge in [-0.25, -0.2) is 0 Å². The second-order valence-electron chi connectivity index (χ2n) is 6.78. The number of ketones is 1. The van der Waals surface area contributed by atoms with E-state index in [0.717, 1.165) is 18.5 Å². The summed E-state index contributed by atoms with van der Waals surface area (Å²) in [5.41, 5.74) is 1.97. The van der Waals surface area contributed by atoms with Gasteiger partial charge in [0.15, 0.2) is 4.90 Å². The zero-order valence-corrected chi connectivity index (χ0v) is 16.0. The number of rotatable bonds is 5. The molecule has 6 heteroatoms. The molecule has 3 rings (SSSR count). The number of carbonyl (C=O) groups excluding carboxylic acids is 2. The maximum atomic E-state index is 12.9. The molecule has 0 N–H and O–H groups in total. The normalized spacial score (nSPS) is 17.7. The topological polar surface area (TPSA) is 71.4 Å². The lowest BCUT2D eigenvalue weighted by atomic mass is 9.96. The van der Waals surface area contributed by atoms with Crippen molar-refractivity contribution in [3.63, 3.8) is 0 Å². The highest BCUT2D eigenvalue weighted by Crippen LogP contribution is 2.31. The Morgan fingerprint density at radius 2 is 1.88 bits per heavy atom. The molecule has 0 saturated heterocycles. The highest BCUT2D eigenvalue weighted by Gasteiger charge is 2.31. The zero-order chi connectivity index (χ0) is 18.8. The molecule has 2 atom stereocenters. The smallest absolute Gasteiger partial charge is 0.315 e. The van der Waals surface area contributed by atoms with Gasteiger partial charge in [-0.3, -0.25) is 9.59 Å². The van der Waals surface area contributed by atoms with E-state index in [2.05, 4.69) is 0 Å². The number of aromatic nitrogens is 1. The number of nitrogens with zero attached hydrogens (tertiary/aromatic N) is 1. The summed E-state index contributed by atoms with van der Waals surface area (Å²) in [7, 11) is 0. The van der Waals surface area contributed by atoms with Crippen molar-refractivity contribution < 1.29 is 18.9 Å². The van der Waals surface area contributed by atoms with Gasteiger partial charge < -0.3 is 13.9 Å². The second kappa shape index (κ2) is 7.68. The van der Waals surface area contributed by atoms with Gasteiger partial charge in [0, 0.05) is 17.8 Å². The summed E-state index contributed by atoms with van der Waals surface area (Å²) < 4.78 is 18.8. The first-order chi connectivity index (χ1) is 12.4. The molecule has 0 saturated carbocycles. The van der Waals surface area contributed by atoms with Gasteiger partial charge >= 0.3 is 5.97 Å². The van der Waals surface area contributed by atoms with Crippen molar-refractivity contribution in [2.24, 2.45) is 0 Å². The molecule has 0 bridgehead atoms. The van der Waals surface area contributed by atoms with Gasteiger partial charge in [0.25, 0.3) is 0 Å². The lowest BCUT2D eigenvalue weighted by Crippen LogP contribution is -2.27. The van der Waals surface area contributed by atoms with Crippen LogP contribution in [0.2, 0.25) is 0 Å². The lowest BCUT2D eigenvalue weighted by Gasteiger charge is -2.25. The predicted molar refractivity (Wildman–Crippen MR) is 99.8 cm³/mol. The van der Waals surface area contributed by atoms with Gasteiger partial charge in [0.05, 0.1) is 17.7 Å². The van der Waals surface area contributed by atoms with E-state index in [1.165, 1.54) is 0 Å². The van der Waals surface area contributed by atoms with Gasteiger partial charge in [-0.1, -0.05) is 0 Å². The van der Waals surface area contributed by atoms with E-state index in [4.69, 9.17) is 4.74 Å². The molecule has 0 spiro atoms. The van der Waals surface area contributed by atoms with E-state index in [0.29, 0.717) is 22.7 Å². The molecule has 2 aromatic rings. The summed E-state index contributed by atoms with van der Waals surface area (Å²) in [5, 5.41) is 0. The Bertz CT molecular complexity index is 808. The number of fused-ring (bicyclic) bond motifs is 1. The zero-order valence-electron chi connectivity index (χ0n) is 15.2. The number of ether oxygens (including phenoxy) is 1. The number of hydrogen-bond acceptors (Lipinski definition) is 4. The van der Waals surface area contributed by atoms with Crippen LogP contribution in [0.4, 0.5) is 0 Å². The van der Waals surface area contributed by atoms with Crippen LogP contribution in [0.3, 0.4) is 0 Å². The number of hydrogen-bond donors (Lipinski definition) is 0. The number of benzene rings is 1. The van der Waals surface area contributed by atoms with Gasteiger partial charge in [0.1, 0.15) is 6.26 Å². The first kappa shape index (κ1) is 18.7. The minimum atomic E-state index is -1.07. The molecule has 1 aromatic carbocycles. The quantitative estimate of drug-likeness (QED) is 0.458. The average molecular weight is 373 g/mol. The Balaban J connectivity index is 1.87. The summed E-state index contributed by atoms with van der Waals surface area (Å²) >= 11 is -1.07. The van der Waals surface area contributed by atoms with Crippen LogP contribution in [0.25, 0.3) is 0 Å². The molecule has 0 fully saturated rings. The van der Waals surface area contributed by atoms with Crippen molar-refractivity contribution in [3.8, 4) is 0 Å². The van der Waals surface area contributed by atoms with Crippen molar-refractivity contribution in [2.75, 3.05) is 6.26 Å². The molecule has 5 nitrogen and oxygen atoms in total. The third-order valence-electron chi connectivity index (χ3n) is 4.56. The summed E-state index contributed by atoms with van der Waals surface area (Å²) in [5.74, 6) is -0.645. The van der Waals surface area contributed by atoms with Crippen molar-refractivity contribution in [2.45, 2.75) is 50.2 Å². The summed E-state index contributed by atoms with van der Waals surface area (Å²) in [6.07, 6.45) is 3.02. The molecule has 0 aliphatic carbocycles. The highest BCUT2D eigenvalue weighted by molar-refractivity contribution is 7.90. The molecule has 2 heterocycles. The summed E-state index contributed by atoms with van der Waals surface area (Å²) in [6.45, 7) is 4.38. The molecule has 0 radical (unpaired) electrons. The van der Waals surface area contributed by atoms with Crippen LogP contribution in [-0.4, -0.2) is 33.2 Å². The molecule has 26 heavy (non-hydrogen) atoms. The first-order valence-corrected chi connectivity index (χ1v) is 10.3. The maximum absolute atomic E-state index is 12.9. The largest absolute Gasteiger partial charge is 0.612 e. The van der Waals surface area contributed by atoms with E-state index >= 15 is 0 Å². The van der Waals surface area contributed by atoms with Crippen LogP contribution >= 0.6 is 0 Å². The van der Waals surface area contributed by atoms with Crippen molar-refractivity contribution in [1.82, 2.24) is 4.57 Å². The fraction of sp³-hybridized carbons (Fsp3) is 0.400. The minimum absolute atomic E-state index is 0.0948. The molecule has 0 amide bonds. The monoisotopic (exact) mass is 373 g/mol. The van der Waals surface area contributed by atoms with Gasteiger partial charge in [-0.15, -0.1) is 0 Å². The Hall–Kier alpha value is -2.05. The Kier molecular flexibility index (Phi) is 5.53. The van der Waals surface area contributed by atoms with Gasteiger partial charge in [-0.05, 0) is 74.3 Å². The van der Waals surface area contributed by atoms with E-state index in [1.54, 1.807) is 36.6 Å². The molecule has 1 aromatic heterocycles. The molecule has 1 aliphatic heterocycles. The van der Waals surface area contributed by atoms with Crippen LogP contribution in [0, 0.1) is 0 Å². The fourth-order valence-electron chi connectivity index (χ4n) is 3.34. The van der Waals surface area contributed by atoms with Crippen LogP contribution in [0.15, 0.2) is 41.3 Å². The van der Waals surface area contributed by atoms with Crippen molar-refractivity contribution >= 4 is 22.9 Å². The van der Waals surface area contributed by atoms with E-state index in [-0.39, 0.29) is 23.8 Å². The third-order valence-corrected chi connectivity index (χ3v) is 5.50. The minimum Gasteiger partial charge on any atom is -0.612 e. The Morgan fingerprint density at radius 1 is 1.19 bits per heavy atom. The maximum Gasteiger partial charge on any atom is 0.315 e. The standard InChI is InChI=1S/C20H23NO4S/c1-13(2)25-20(23)16-5-4-12-21-17(16)10-11-18(21)19(22)14-6-8-15(9-7-14)26(3)24/h6-11,13,16H,4-5,12H2,1-3H3. The van der Waals surface area contributed by atoms with E-state index in [9.17, 15) is 14.1 Å². The Morgan fingerprint density at radius 3 is 2.50 bits per heavy atom. The highest BCUT2D eigenvalue weighted by atomic mass is 32.2. The number of esters is 1. The van der Waals surface area contributed by atoms with E-state index in [1.807, 2.05) is 24.5 Å². The Labute approximate surface area is 156 Å². The number of carbonyl (C=O) groups is 2. The van der Waals surface area contributed by atoms with Crippen molar-refractivity contribution in [3.05, 3.63) is 53.3 Å². The van der Waals surface area contributed by atoms with Crippen LogP contribution in [-0.2, 0) is 27.3 Å². The third kappa shape index (κ3) is 3.71. The first-order valence-electron chi connectivity index (χ1n) is 8.76. The second-order valence-corrected chi connectivity index (χ2v) is 8.16.